The van der Waals surface area contributed by atoms with Crippen molar-refractivity contribution in [1.29, 1.82) is 0 Å². The Morgan fingerprint density at radius 2 is 2.00 bits per heavy atom. The molecule has 0 aliphatic heterocycles. The second-order valence-electron chi connectivity index (χ2n) is 4.93. The highest BCUT2D eigenvalue weighted by Crippen LogP contribution is 2.39. The summed E-state index contributed by atoms with van der Waals surface area (Å²) in [6, 6.07) is 9.77. The number of hydrogen-bond acceptors (Lipinski definition) is 4. The Kier molecular flexibility index (Phi) is 3.85. The number of aliphatic hydroxyl groups is 1. The van der Waals surface area contributed by atoms with Gasteiger partial charge >= 0.3 is 0 Å². The average Bonchev–Trinajstić information content (AvgIpc) is 2.81. The minimum absolute atomic E-state index is 0.112. The van der Waals surface area contributed by atoms with Gasteiger partial charge in [0.05, 0.1) is 10.2 Å². The minimum atomic E-state index is 0.112. The molecule has 3 N–H and O–H groups in total. The molecule has 0 spiro atoms. The highest BCUT2D eigenvalue weighted by molar-refractivity contribution is 7.22. The molecule has 0 radical (unpaired) electrons. The largest absolute Gasteiger partial charge is 0.396 e. The zero-order valence-electron chi connectivity index (χ0n) is 11.6. The molecule has 0 unspecified atom stereocenters. The molecule has 3 rings (SSSR count). The molecular weight excluding hydrogens is 304 g/mol. The zero-order chi connectivity index (χ0) is 15.0. The molecule has 0 saturated carbocycles. The first-order valence-corrected chi connectivity index (χ1v) is 7.85. The van der Waals surface area contributed by atoms with Gasteiger partial charge in [-0.3, -0.25) is 0 Å². The number of nitrogens with zero attached hydrogens (tertiary/aromatic N) is 1. The van der Waals surface area contributed by atoms with Crippen molar-refractivity contribution in [1.82, 2.24) is 4.98 Å². The van der Waals surface area contributed by atoms with Gasteiger partial charge in [-0.25, -0.2) is 4.98 Å². The van der Waals surface area contributed by atoms with Crippen LogP contribution in [0.3, 0.4) is 0 Å². The lowest BCUT2D eigenvalue weighted by Crippen LogP contribution is -1.98. The van der Waals surface area contributed by atoms with Gasteiger partial charge in [-0.05, 0) is 48.2 Å². The van der Waals surface area contributed by atoms with Crippen LogP contribution in [-0.2, 0) is 6.42 Å². The lowest BCUT2D eigenvalue weighted by molar-refractivity contribution is 0.299. The van der Waals surface area contributed by atoms with Gasteiger partial charge < -0.3 is 10.8 Å². The number of nitrogens with two attached hydrogens (primary N) is 1. The summed E-state index contributed by atoms with van der Waals surface area (Å²) < 4.78 is 1.06. The van der Waals surface area contributed by atoms with Crippen molar-refractivity contribution in [2.45, 2.75) is 13.3 Å². The summed E-state index contributed by atoms with van der Waals surface area (Å²) in [6.45, 7) is 2.15. The maximum absolute atomic E-state index is 9.38. The predicted octanol–water partition coefficient (Wildman–Crippen LogP) is 4.04. The lowest BCUT2D eigenvalue weighted by atomic mass is 9.93. The Morgan fingerprint density at radius 1 is 1.29 bits per heavy atom. The number of aryl methyl sites for hydroxylation is 1. The summed E-state index contributed by atoms with van der Waals surface area (Å²) >= 11 is 7.46. The number of nitrogen functional groups attached to an aromatic ring is 1. The standard InChI is InChI=1S/C16H15ClN2OS/c1-9-8-13-15(21-16(18)19-13)14(12(9)6-7-20)10-2-4-11(17)5-3-10/h2-5,8,20H,6-7H2,1H3,(H2,18,19). The average molecular weight is 319 g/mol. The van der Waals surface area contributed by atoms with Crippen LogP contribution in [0.4, 0.5) is 5.13 Å². The number of aliphatic hydroxyl groups excluding tert-OH is 1. The van der Waals surface area contributed by atoms with Crippen LogP contribution in [0.1, 0.15) is 11.1 Å². The van der Waals surface area contributed by atoms with Crippen molar-refractivity contribution in [2.24, 2.45) is 0 Å². The van der Waals surface area contributed by atoms with Gasteiger partial charge in [0.15, 0.2) is 5.13 Å². The van der Waals surface area contributed by atoms with Crippen molar-refractivity contribution >= 4 is 38.3 Å². The van der Waals surface area contributed by atoms with Gasteiger partial charge in [0.1, 0.15) is 0 Å². The fourth-order valence-corrected chi connectivity index (χ4v) is 3.64. The molecule has 1 aromatic heterocycles. The van der Waals surface area contributed by atoms with Gasteiger partial charge in [-0.15, -0.1) is 0 Å². The molecule has 2 aromatic carbocycles. The minimum Gasteiger partial charge on any atom is -0.396 e. The number of thiazole rings is 1. The van der Waals surface area contributed by atoms with Crippen molar-refractivity contribution in [2.75, 3.05) is 12.3 Å². The molecule has 108 valence electrons. The Hall–Kier alpha value is -1.62. The molecule has 0 aliphatic carbocycles. The monoisotopic (exact) mass is 318 g/mol. The number of hydrogen-bond donors (Lipinski definition) is 2. The molecular formula is C16H15ClN2OS. The third-order valence-corrected chi connectivity index (χ3v) is 4.69. The second-order valence-corrected chi connectivity index (χ2v) is 6.39. The molecule has 21 heavy (non-hydrogen) atoms. The van der Waals surface area contributed by atoms with E-state index >= 15 is 0 Å². The molecule has 1 heterocycles. The van der Waals surface area contributed by atoms with E-state index in [1.54, 1.807) is 0 Å². The van der Waals surface area contributed by atoms with Crippen LogP contribution < -0.4 is 5.73 Å². The van der Waals surface area contributed by atoms with Gasteiger partial charge in [0.2, 0.25) is 0 Å². The maximum Gasteiger partial charge on any atom is 0.181 e. The van der Waals surface area contributed by atoms with Crippen molar-refractivity contribution < 1.29 is 5.11 Å². The topological polar surface area (TPSA) is 59.1 Å². The van der Waals surface area contributed by atoms with Gasteiger partial charge in [-0.2, -0.15) is 0 Å². The summed E-state index contributed by atoms with van der Waals surface area (Å²) in [5.41, 5.74) is 11.2. The number of benzene rings is 2. The first-order valence-electron chi connectivity index (χ1n) is 6.65. The molecule has 0 aliphatic rings. The fraction of sp³-hybridized carbons (Fsp3) is 0.188. The summed E-state index contributed by atoms with van der Waals surface area (Å²) in [5, 5.41) is 10.6. The quantitative estimate of drug-likeness (QED) is 0.766. The maximum atomic E-state index is 9.38. The predicted molar refractivity (Wildman–Crippen MR) is 90.0 cm³/mol. The van der Waals surface area contributed by atoms with E-state index in [2.05, 4.69) is 4.98 Å². The van der Waals surface area contributed by atoms with Crippen LogP contribution in [0.5, 0.6) is 0 Å². The van der Waals surface area contributed by atoms with Crippen LogP contribution in [-0.4, -0.2) is 16.7 Å². The van der Waals surface area contributed by atoms with Crippen molar-refractivity contribution in [3.8, 4) is 11.1 Å². The summed E-state index contributed by atoms with van der Waals surface area (Å²) in [4.78, 5) is 4.39. The van der Waals surface area contributed by atoms with E-state index in [0.29, 0.717) is 16.6 Å². The molecule has 0 fully saturated rings. The van der Waals surface area contributed by atoms with Gasteiger partial charge in [0, 0.05) is 17.2 Å². The number of halogens is 1. The van der Waals surface area contributed by atoms with Crippen LogP contribution in [0.25, 0.3) is 21.3 Å². The molecule has 5 heteroatoms. The summed E-state index contributed by atoms with van der Waals surface area (Å²) in [7, 11) is 0. The zero-order valence-corrected chi connectivity index (χ0v) is 13.1. The number of fused-ring (bicyclic) bond motifs is 1. The van der Waals surface area contributed by atoms with E-state index in [0.717, 1.165) is 32.5 Å². The second kappa shape index (κ2) is 5.64. The lowest BCUT2D eigenvalue weighted by Gasteiger charge is -2.13. The smallest absolute Gasteiger partial charge is 0.181 e. The summed E-state index contributed by atoms with van der Waals surface area (Å²) in [6.07, 6.45) is 0.609. The van der Waals surface area contributed by atoms with E-state index < -0.39 is 0 Å². The SMILES string of the molecule is Cc1cc2nc(N)sc2c(-c2ccc(Cl)cc2)c1CCO. The highest BCUT2D eigenvalue weighted by Gasteiger charge is 2.16. The van der Waals surface area contributed by atoms with Crippen LogP contribution in [0.2, 0.25) is 5.02 Å². The van der Waals surface area contributed by atoms with E-state index in [9.17, 15) is 5.11 Å². The van der Waals surface area contributed by atoms with E-state index in [1.165, 1.54) is 11.3 Å². The number of anilines is 1. The normalized spacial score (nSPS) is 11.2. The number of aromatic nitrogens is 1. The Balaban J connectivity index is 2.35. The van der Waals surface area contributed by atoms with Crippen molar-refractivity contribution in [3.63, 3.8) is 0 Å². The van der Waals surface area contributed by atoms with E-state index in [4.69, 9.17) is 17.3 Å². The van der Waals surface area contributed by atoms with Gasteiger partial charge in [0.25, 0.3) is 0 Å². The Bertz CT molecular complexity index is 796. The van der Waals surface area contributed by atoms with Crippen LogP contribution in [0, 0.1) is 6.92 Å². The van der Waals surface area contributed by atoms with Crippen molar-refractivity contribution in [3.05, 3.63) is 46.5 Å². The fourth-order valence-electron chi connectivity index (χ4n) is 2.61. The molecule has 0 amide bonds. The molecule has 0 atom stereocenters. The highest BCUT2D eigenvalue weighted by atomic mass is 35.5. The van der Waals surface area contributed by atoms with E-state index in [1.807, 2.05) is 37.3 Å². The third-order valence-electron chi connectivity index (χ3n) is 3.52. The first-order chi connectivity index (χ1) is 10.1. The molecule has 0 bridgehead atoms. The van der Waals surface area contributed by atoms with Crippen LogP contribution >= 0.6 is 22.9 Å². The van der Waals surface area contributed by atoms with E-state index in [-0.39, 0.29) is 6.61 Å². The van der Waals surface area contributed by atoms with Gasteiger partial charge in [-0.1, -0.05) is 35.1 Å². The number of rotatable bonds is 3. The Morgan fingerprint density at radius 3 is 2.67 bits per heavy atom. The third kappa shape index (κ3) is 2.62. The molecule has 0 saturated heterocycles. The Labute approximate surface area is 132 Å². The van der Waals surface area contributed by atoms with Crippen LogP contribution in [0.15, 0.2) is 30.3 Å². The summed E-state index contributed by atoms with van der Waals surface area (Å²) in [5.74, 6) is 0. The molecule has 3 aromatic rings. The first kappa shape index (κ1) is 14.3. The molecule has 3 nitrogen and oxygen atoms in total.